The lowest BCUT2D eigenvalue weighted by Gasteiger charge is -2.12. The lowest BCUT2D eigenvalue weighted by Crippen LogP contribution is -2.24. The van der Waals surface area contributed by atoms with Crippen LogP contribution in [-0.2, 0) is 34.1 Å². The molecule has 0 spiro atoms. The van der Waals surface area contributed by atoms with Crippen LogP contribution in [0.4, 0.5) is 13.2 Å². The second kappa shape index (κ2) is 7.29. The minimum absolute atomic E-state index is 0.0250. The zero-order chi connectivity index (χ0) is 17.8. The van der Waals surface area contributed by atoms with Gasteiger partial charge in [0.15, 0.2) is 0 Å². The van der Waals surface area contributed by atoms with Crippen LogP contribution < -0.4 is 4.72 Å². The van der Waals surface area contributed by atoms with Gasteiger partial charge in [0, 0.05) is 19.9 Å². The molecular weight excluding hydrogens is 345 g/mol. The molecule has 0 atom stereocenters. The van der Waals surface area contributed by atoms with E-state index in [2.05, 4.69) is 9.71 Å². The predicted octanol–water partition coefficient (Wildman–Crippen LogP) is 2.73. The summed E-state index contributed by atoms with van der Waals surface area (Å²) in [5.74, 6) is 0. The standard InChI is InChI=1S/C15H15F3N2O3S/c1-23-10-12-4-2-3-5-13(12)24(21,22)20-9-11-6-7-19-14(8-11)15(16,17)18/h2-8,20H,9-10H2,1H3. The highest BCUT2D eigenvalue weighted by atomic mass is 32.2. The predicted molar refractivity (Wildman–Crippen MR) is 80.4 cm³/mol. The second-order valence-electron chi connectivity index (χ2n) is 4.91. The number of alkyl halides is 3. The Morgan fingerprint density at radius 1 is 1.21 bits per heavy atom. The Morgan fingerprint density at radius 3 is 2.58 bits per heavy atom. The average Bonchev–Trinajstić information content (AvgIpc) is 2.53. The fraction of sp³-hybridized carbons (Fsp3) is 0.267. The fourth-order valence-electron chi connectivity index (χ4n) is 2.04. The molecule has 0 saturated heterocycles. The molecule has 2 rings (SSSR count). The summed E-state index contributed by atoms with van der Waals surface area (Å²) in [6.45, 7) is -0.181. The van der Waals surface area contributed by atoms with Crippen molar-refractivity contribution in [3.8, 4) is 0 Å². The summed E-state index contributed by atoms with van der Waals surface area (Å²) in [4.78, 5) is 3.26. The third-order valence-electron chi connectivity index (χ3n) is 3.14. The van der Waals surface area contributed by atoms with Gasteiger partial charge in [-0.3, -0.25) is 4.98 Å². The number of pyridine rings is 1. The highest BCUT2D eigenvalue weighted by molar-refractivity contribution is 7.89. The normalized spacial score (nSPS) is 12.3. The van der Waals surface area contributed by atoms with Gasteiger partial charge in [-0.1, -0.05) is 18.2 Å². The van der Waals surface area contributed by atoms with E-state index < -0.39 is 21.9 Å². The molecule has 0 aliphatic carbocycles. The highest BCUT2D eigenvalue weighted by Gasteiger charge is 2.32. The topological polar surface area (TPSA) is 68.3 Å². The van der Waals surface area contributed by atoms with Crippen LogP contribution in [0.1, 0.15) is 16.8 Å². The van der Waals surface area contributed by atoms with Crippen molar-refractivity contribution in [2.24, 2.45) is 0 Å². The molecule has 2 aromatic rings. The van der Waals surface area contributed by atoms with E-state index >= 15 is 0 Å². The Morgan fingerprint density at radius 2 is 1.92 bits per heavy atom. The number of hydrogen-bond donors (Lipinski definition) is 1. The quantitative estimate of drug-likeness (QED) is 0.860. The maximum atomic E-state index is 12.6. The molecule has 1 N–H and O–H groups in total. The van der Waals surface area contributed by atoms with Gasteiger partial charge >= 0.3 is 6.18 Å². The molecule has 0 bridgehead atoms. The molecule has 130 valence electrons. The number of ether oxygens (including phenoxy) is 1. The first-order valence-corrected chi connectivity index (χ1v) is 8.31. The molecule has 0 radical (unpaired) electrons. The minimum Gasteiger partial charge on any atom is -0.380 e. The largest absolute Gasteiger partial charge is 0.433 e. The summed E-state index contributed by atoms with van der Waals surface area (Å²) < 4.78 is 69.9. The van der Waals surface area contributed by atoms with E-state index in [4.69, 9.17) is 4.74 Å². The van der Waals surface area contributed by atoms with Gasteiger partial charge in [-0.2, -0.15) is 13.2 Å². The SMILES string of the molecule is COCc1ccccc1S(=O)(=O)NCc1ccnc(C(F)(F)F)c1. The van der Waals surface area contributed by atoms with E-state index in [1.807, 2.05) is 0 Å². The van der Waals surface area contributed by atoms with Gasteiger partial charge in [0.25, 0.3) is 0 Å². The first-order valence-electron chi connectivity index (χ1n) is 6.82. The Kier molecular flexibility index (Phi) is 5.58. The second-order valence-corrected chi connectivity index (χ2v) is 6.65. The Bertz CT molecular complexity index is 808. The molecule has 0 unspecified atom stereocenters. The van der Waals surface area contributed by atoms with Crippen molar-refractivity contribution in [3.63, 3.8) is 0 Å². The summed E-state index contributed by atoms with van der Waals surface area (Å²) in [5.41, 5.74) is -0.456. The molecule has 0 aliphatic rings. The number of benzene rings is 1. The lowest BCUT2D eigenvalue weighted by atomic mass is 10.2. The van der Waals surface area contributed by atoms with Gasteiger partial charge < -0.3 is 4.74 Å². The lowest BCUT2D eigenvalue weighted by molar-refractivity contribution is -0.141. The Labute approximate surface area is 137 Å². The summed E-state index contributed by atoms with van der Waals surface area (Å²) in [6.07, 6.45) is -3.59. The van der Waals surface area contributed by atoms with Crippen molar-refractivity contribution < 1.29 is 26.3 Å². The van der Waals surface area contributed by atoms with Gasteiger partial charge in [0.05, 0.1) is 11.5 Å². The molecule has 0 aliphatic heterocycles. The fourth-order valence-corrected chi connectivity index (χ4v) is 3.28. The van der Waals surface area contributed by atoms with Crippen molar-refractivity contribution in [2.45, 2.75) is 24.2 Å². The van der Waals surface area contributed by atoms with E-state index in [-0.39, 0.29) is 23.6 Å². The molecule has 9 heteroatoms. The smallest absolute Gasteiger partial charge is 0.380 e. The van der Waals surface area contributed by atoms with Crippen LogP contribution >= 0.6 is 0 Å². The van der Waals surface area contributed by atoms with E-state index in [1.54, 1.807) is 18.2 Å². The Balaban J connectivity index is 2.20. The zero-order valence-corrected chi connectivity index (χ0v) is 13.5. The molecule has 0 saturated carbocycles. The molecule has 1 aromatic heterocycles. The highest BCUT2D eigenvalue weighted by Crippen LogP contribution is 2.27. The first kappa shape index (κ1) is 18.4. The number of nitrogens with zero attached hydrogens (tertiary/aromatic N) is 1. The molecule has 1 heterocycles. The van der Waals surface area contributed by atoms with Crippen LogP contribution in [0.3, 0.4) is 0 Å². The van der Waals surface area contributed by atoms with Crippen molar-refractivity contribution in [1.82, 2.24) is 9.71 Å². The molecule has 0 amide bonds. The van der Waals surface area contributed by atoms with Crippen LogP contribution in [0.2, 0.25) is 0 Å². The van der Waals surface area contributed by atoms with Crippen molar-refractivity contribution in [2.75, 3.05) is 7.11 Å². The van der Waals surface area contributed by atoms with Crippen molar-refractivity contribution >= 4 is 10.0 Å². The summed E-state index contributed by atoms with van der Waals surface area (Å²) >= 11 is 0. The third-order valence-corrected chi connectivity index (χ3v) is 4.64. The van der Waals surface area contributed by atoms with Crippen LogP contribution in [0, 0.1) is 0 Å². The van der Waals surface area contributed by atoms with Gasteiger partial charge in [0.2, 0.25) is 10.0 Å². The monoisotopic (exact) mass is 360 g/mol. The summed E-state index contributed by atoms with van der Waals surface area (Å²) in [5, 5.41) is 0. The molecular formula is C15H15F3N2O3S. The molecule has 5 nitrogen and oxygen atoms in total. The molecule has 0 fully saturated rings. The number of sulfonamides is 1. The van der Waals surface area contributed by atoms with Gasteiger partial charge in [-0.05, 0) is 29.3 Å². The van der Waals surface area contributed by atoms with Crippen LogP contribution in [0.5, 0.6) is 0 Å². The van der Waals surface area contributed by atoms with Gasteiger partial charge in [0.1, 0.15) is 5.69 Å². The van der Waals surface area contributed by atoms with Crippen molar-refractivity contribution in [3.05, 3.63) is 59.4 Å². The third kappa shape index (κ3) is 4.53. The number of methoxy groups -OCH3 is 1. The number of aromatic nitrogens is 1. The summed E-state index contributed by atoms with van der Waals surface area (Å²) in [6, 6.07) is 8.37. The van der Waals surface area contributed by atoms with E-state index in [1.165, 1.54) is 19.2 Å². The van der Waals surface area contributed by atoms with Gasteiger partial charge in [-0.15, -0.1) is 0 Å². The molecule has 24 heavy (non-hydrogen) atoms. The zero-order valence-electron chi connectivity index (χ0n) is 12.7. The minimum atomic E-state index is -4.58. The number of rotatable bonds is 6. The number of hydrogen-bond acceptors (Lipinski definition) is 4. The average molecular weight is 360 g/mol. The number of nitrogens with one attached hydrogen (secondary N) is 1. The van der Waals surface area contributed by atoms with E-state index in [0.717, 1.165) is 12.3 Å². The van der Waals surface area contributed by atoms with Crippen LogP contribution in [-0.4, -0.2) is 20.5 Å². The van der Waals surface area contributed by atoms with E-state index in [0.29, 0.717) is 5.56 Å². The first-order chi connectivity index (χ1) is 11.2. The van der Waals surface area contributed by atoms with Crippen LogP contribution in [0.15, 0.2) is 47.5 Å². The van der Waals surface area contributed by atoms with Crippen molar-refractivity contribution in [1.29, 1.82) is 0 Å². The Hall–Kier alpha value is -1.97. The van der Waals surface area contributed by atoms with Crippen LogP contribution in [0.25, 0.3) is 0 Å². The maximum Gasteiger partial charge on any atom is 0.433 e. The van der Waals surface area contributed by atoms with E-state index in [9.17, 15) is 21.6 Å². The van der Waals surface area contributed by atoms with Gasteiger partial charge in [-0.25, -0.2) is 13.1 Å². The number of halogens is 3. The molecule has 1 aromatic carbocycles. The maximum absolute atomic E-state index is 12.6. The summed E-state index contributed by atoms with van der Waals surface area (Å²) in [7, 11) is -2.45.